The largest absolute Gasteiger partial charge is 0.361 e. The summed E-state index contributed by atoms with van der Waals surface area (Å²) in [5.74, 6) is 6.92. The quantitative estimate of drug-likeness (QED) is 0.199. The number of para-hydroxylation sites is 1. The van der Waals surface area contributed by atoms with Gasteiger partial charge in [0.05, 0.1) is 21.5 Å². The van der Waals surface area contributed by atoms with Gasteiger partial charge < -0.3 is 4.98 Å². The van der Waals surface area contributed by atoms with Crippen molar-refractivity contribution in [2.75, 3.05) is 0 Å². The molecule has 3 aromatic carbocycles. The van der Waals surface area contributed by atoms with Crippen molar-refractivity contribution >= 4 is 51.1 Å². The van der Waals surface area contributed by atoms with Gasteiger partial charge in [0.2, 0.25) is 0 Å². The summed E-state index contributed by atoms with van der Waals surface area (Å²) in [6.45, 7) is 3.53. The lowest BCUT2D eigenvalue weighted by atomic mass is 10.1. The number of benzene rings is 3. The van der Waals surface area contributed by atoms with E-state index in [0.29, 0.717) is 22.3 Å². The summed E-state index contributed by atoms with van der Waals surface area (Å²) >= 11 is 1.60. The zero-order valence-electron chi connectivity index (χ0n) is 21.4. The van der Waals surface area contributed by atoms with Gasteiger partial charge in [-0.1, -0.05) is 30.0 Å². The van der Waals surface area contributed by atoms with E-state index in [-0.39, 0.29) is 11.3 Å². The number of thiophene rings is 1. The van der Waals surface area contributed by atoms with Gasteiger partial charge in [-0.15, -0.1) is 11.3 Å². The molecule has 0 saturated carbocycles. The highest BCUT2D eigenvalue weighted by atomic mass is 32.1. The molecule has 5 nitrogen and oxygen atoms in total. The fourth-order valence-electron chi connectivity index (χ4n) is 4.63. The number of rotatable bonds is 4. The minimum Gasteiger partial charge on any atom is -0.361 e. The Bertz CT molecular complexity index is 2030. The number of aromatic amines is 1. The molecule has 0 aliphatic rings. The molecule has 0 bridgehead atoms. The van der Waals surface area contributed by atoms with Gasteiger partial charge in [-0.3, -0.25) is 14.2 Å². The van der Waals surface area contributed by atoms with Crippen LogP contribution in [0.25, 0.3) is 39.6 Å². The number of nitrogens with zero attached hydrogens (tertiary/aromatic N) is 2. The molecule has 3 aromatic heterocycles. The van der Waals surface area contributed by atoms with Crippen molar-refractivity contribution in [2.45, 2.75) is 13.8 Å². The molecule has 6 rings (SSSR count). The van der Waals surface area contributed by atoms with Crippen molar-refractivity contribution in [1.82, 2.24) is 14.5 Å². The van der Waals surface area contributed by atoms with Crippen molar-refractivity contribution in [1.29, 1.82) is 0 Å². The van der Waals surface area contributed by atoms with Crippen LogP contribution >= 0.6 is 11.3 Å². The lowest BCUT2D eigenvalue weighted by Gasteiger charge is -2.14. The van der Waals surface area contributed by atoms with Crippen LogP contribution in [0.5, 0.6) is 0 Å². The average molecular weight is 526 g/mol. The monoisotopic (exact) mass is 525 g/mol. The van der Waals surface area contributed by atoms with Crippen LogP contribution in [0, 0.1) is 18.8 Å². The number of carbonyl (C=O) groups excluding carboxylic acids is 1. The molecular formula is C33H23N3O2S. The molecule has 0 fully saturated rings. The van der Waals surface area contributed by atoms with E-state index in [1.807, 2.05) is 97.4 Å². The Morgan fingerprint density at radius 3 is 2.64 bits per heavy atom. The number of H-pyrrole nitrogens is 1. The van der Waals surface area contributed by atoms with Gasteiger partial charge in [-0.25, -0.2) is 4.98 Å². The Hall–Kier alpha value is -4.99. The van der Waals surface area contributed by atoms with Gasteiger partial charge >= 0.3 is 0 Å². The summed E-state index contributed by atoms with van der Waals surface area (Å²) in [7, 11) is 0. The van der Waals surface area contributed by atoms with Gasteiger partial charge in [0.1, 0.15) is 5.82 Å². The van der Waals surface area contributed by atoms with Crippen LogP contribution in [0.3, 0.4) is 0 Å². The maximum Gasteiger partial charge on any atom is 0.266 e. The number of aromatic nitrogens is 3. The molecule has 6 aromatic rings. The minimum absolute atomic E-state index is 0.0112. The van der Waals surface area contributed by atoms with Crippen LogP contribution in [0.1, 0.15) is 44.7 Å². The van der Waals surface area contributed by atoms with Crippen LogP contribution in [-0.4, -0.2) is 20.3 Å². The number of hydrogen-bond acceptors (Lipinski definition) is 4. The summed E-state index contributed by atoms with van der Waals surface area (Å²) in [5, 5.41) is 3.48. The maximum atomic E-state index is 13.8. The van der Waals surface area contributed by atoms with Crippen molar-refractivity contribution in [3.05, 3.63) is 128 Å². The highest BCUT2D eigenvalue weighted by Gasteiger charge is 2.14. The molecule has 0 unspecified atom stereocenters. The smallest absolute Gasteiger partial charge is 0.266 e. The van der Waals surface area contributed by atoms with Gasteiger partial charge in [-0.05, 0) is 97.1 Å². The van der Waals surface area contributed by atoms with Gasteiger partial charge in [-0.2, -0.15) is 0 Å². The van der Waals surface area contributed by atoms with Crippen molar-refractivity contribution in [3.8, 4) is 17.5 Å². The number of carbonyl (C=O) groups is 1. The van der Waals surface area contributed by atoms with E-state index in [0.717, 1.165) is 38.2 Å². The third-order valence-electron chi connectivity index (χ3n) is 6.62. The Morgan fingerprint density at radius 2 is 1.85 bits per heavy atom. The van der Waals surface area contributed by atoms with Crippen molar-refractivity contribution in [3.63, 3.8) is 0 Å². The molecule has 0 atom stereocenters. The molecule has 0 saturated heterocycles. The zero-order chi connectivity index (χ0) is 26.9. The topological polar surface area (TPSA) is 67.8 Å². The van der Waals surface area contributed by atoms with E-state index >= 15 is 0 Å². The highest BCUT2D eigenvalue weighted by Crippen LogP contribution is 2.24. The van der Waals surface area contributed by atoms with E-state index in [1.165, 1.54) is 0 Å². The van der Waals surface area contributed by atoms with Gasteiger partial charge in [0, 0.05) is 28.2 Å². The molecule has 3 heterocycles. The van der Waals surface area contributed by atoms with Crippen LogP contribution in [0.15, 0.2) is 89.2 Å². The number of Topliss-reactive ketones (excluding diaryl/α,β-unsaturated/α-hetero) is 1. The molecule has 0 aliphatic heterocycles. The molecule has 188 valence electrons. The fourth-order valence-corrected chi connectivity index (χ4v) is 5.20. The first-order chi connectivity index (χ1) is 19.0. The Balaban J connectivity index is 1.48. The van der Waals surface area contributed by atoms with Crippen molar-refractivity contribution < 1.29 is 4.79 Å². The summed E-state index contributed by atoms with van der Waals surface area (Å²) in [4.78, 5) is 34.8. The molecular weight excluding hydrogens is 502 g/mol. The highest BCUT2D eigenvalue weighted by molar-refractivity contribution is 7.10. The molecule has 0 radical (unpaired) electrons. The van der Waals surface area contributed by atoms with Crippen LogP contribution < -0.4 is 5.56 Å². The maximum absolute atomic E-state index is 13.8. The van der Waals surface area contributed by atoms with Gasteiger partial charge in [0.15, 0.2) is 5.78 Å². The van der Waals surface area contributed by atoms with Crippen molar-refractivity contribution in [2.24, 2.45) is 0 Å². The molecule has 6 heteroatoms. The SMILES string of the molecule is CC(=O)c1ccc2[nH]cc(C=Cc3nc4ccccc4c(=O)n3-c3ccc(C#Cc4cccs4)cc3C)c2c1. The second-order valence-electron chi connectivity index (χ2n) is 9.25. The second-order valence-corrected chi connectivity index (χ2v) is 10.2. The fraction of sp³-hybridized carbons (Fsp3) is 0.0606. The molecule has 0 aliphatic carbocycles. The average Bonchev–Trinajstić information content (AvgIpc) is 3.61. The minimum atomic E-state index is -0.140. The van der Waals surface area contributed by atoms with E-state index in [1.54, 1.807) is 28.9 Å². The van der Waals surface area contributed by atoms with E-state index in [2.05, 4.69) is 16.8 Å². The Morgan fingerprint density at radius 1 is 0.974 bits per heavy atom. The number of nitrogens with one attached hydrogen (secondary N) is 1. The van der Waals surface area contributed by atoms with E-state index in [4.69, 9.17) is 4.98 Å². The zero-order valence-corrected chi connectivity index (χ0v) is 22.2. The predicted molar refractivity (Wildman–Crippen MR) is 160 cm³/mol. The van der Waals surface area contributed by atoms with E-state index < -0.39 is 0 Å². The standard InChI is InChI=1S/C33H23N3O2S/c1-21-18-23(9-13-26-6-5-17-39-26)10-15-31(21)36-32(35-30-8-4-3-7-27(30)33(36)38)16-12-25-20-34-29-14-11-24(22(2)37)19-28(25)29/h3-8,10-12,14-20,34H,1-2H3. The summed E-state index contributed by atoms with van der Waals surface area (Å²) in [6.07, 6.45) is 5.66. The Kier molecular flexibility index (Phi) is 6.28. The summed E-state index contributed by atoms with van der Waals surface area (Å²) in [5.41, 5.74) is 5.51. The predicted octanol–water partition coefficient (Wildman–Crippen LogP) is 7.01. The number of hydrogen-bond donors (Lipinski definition) is 1. The van der Waals surface area contributed by atoms with E-state index in [9.17, 15) is 9.59 Å². The number of ketones is 1. The molecule has 0 amide bonds. The summed E-state index contributed by atoms with van der Waals surface area (Å²) in [6, 6.07) is 22.8. The van der Waals surface area contributed by atoms with Crippen LogP contribution in [0.4, 0.5) is 0 Å². The van der Waals surface area contributed by atoms with Crippen LogP contribution in [-0.2, 0) is 0 Å². The second kappa shape index (κ2) is 10.1. The molecule has 39 heavy (non-hydrogen) atoms. The molecule has 0 spiro atoms. The third-order valence-corrected chi connectivity index (χ3v) is 7.41. The molecule has 1 N–H and O–H groups in total. The number of fused-ring (bicyclic) bond motifs is 2. The summed E-state index contributed by atoms with van der Waals surface area (Å²) < 4.78 is 1.65. The lowest BCUT2D eigenvalue weighted by molar-refractivity contribution is 0.101. The number of aryl methyl sites for hydroxylation is 1. The van der Waals surface area contributed by atoms with Crippen LogP contribution in [0.2, 0.25) is 0 Å². The third kappa shape index (κ3) is 4.72. The van der Waals surface area contributed by atoms with Gasteiger partial charge in [0.25, 0.3) is 5.56 Å². The first-order valence-corrected chi connectivity index (χ1v) is 13.3. The first kappa shape index (κ1) is 24.4. The Labute approximate surface area is 229 Å². The lowest BCUT2D eigenvalue weighted by Crippen LogP contribution is -2.23. The normalized spacial score (nSPS) is 11.2. The first-order valence-electron chi connectivity index (χ1n) is 12.5.